The maximum absolute atomic E-state index is 12.0. The van der Waals surface area contributed by atoms with Gasteiger partial charge in [0.1, 0.15) is 6.54 Å². The highest BCUT2D eigenvalue weighted by atomic mass is 16.6. The fraction of sp³-hybridized carbons (Fsp3) is 0.158. The van der Waals surface area contributed by atoms with E-state index < -0.39 is 22.9 Å². The molecule has 0 spiro atoms. The number of aromatic nitrogens is 2. The van der Waals surface area contributed by atoms with Crippen LogP contribution >= 0.6 is 0 Å². The van der Waals surface area contributed by atoms with E-state index in [0.717, 1.165) is 0 Å². The van der Waals surface area contributed by atoms with Gasteiger partial charge in [0.2, 0.25) is 5.89 Å². The molecule has 3 rings (SSSR count). The van der Waals surface area contributed by atoms with Crippen LogP contribution in [0.5, 0.6) is 0 Å². The molecule has 10 nitrogen and oxygen atoms in total. The summed E-state index contributed by atoms with van der Waals surface area (Å²) in [6, 6.07) is 14.1. The highest BCUT2D eigenvalue weighted by Crippen LogP contribution is 2.24. The van der Waals surface area contributed by atoms with E-state index in [4.69, 9.17) is 9.15 Å². The monoisotopic (exact) mass is 396 g/mol. The molecule has 0 aliphatic heterocycles. The third kappa shape index (κ3) is 5.01. The Morgan fingerprint density at radius 1 is 1.14 bits per heavy atom. The summed E-state index contributed by atoms with van der Waals surface area (Å²) in [6.07, 6.45) is -0.838. The number of nitro groups is 1. The van der Waals surface area contributed by atoms with Crippen LogP contribution in [-0.2, 0) is 9.53 Å². The summed E-state index contributed by atoms with van der Waals surface area (Å²) in [4.78, 5) is 34.1. The zero-order chi connectivity index (χ0) is 20.8. The first-order chi connectivity index (χ1) is 13.9. The highest BCUT2D eigenvalue weighted by molar-refractivity contribution is 5.95. The molecule has 0 aliphatic rings. The third-order valence-corrected chi connectivity index (χ3v) is 3.85. The molecule has 2 aromatic carbocycles. The van der Waals surface area contributed by atoms with E-state index in [0.29, 0.717) is 11.1 Å². The van der Waals surface area contributed by atoms with Crippen molar-refractivity contribution in [3.63, 3.8) is 0 Å². The van der Waals surface area contributed by atoms with Crippen LogP contribution in [0, 0.1) is 10.1 Å². The Labute approximate surface area is 164 Å². The van der Waals surface area contributed by atoms with Gasteiger partial charge in [0.15, 0.2) is 6.10 Å². The molecule has 0 saturated carbocycles. The summed E-state index contributed by atoms with van der Waals surface area (Å²) in [6.45, 7) is 1.23. The Bertz CT molecular complexity index is 1020. The van der Waals surface area contributed by atoms with Gasteiger partial charge < -0.3 is 14.5 Å². The van der Waals surface area contributed by atoms with Gasteiger partial charge in [0.05, 0.1) is 4.92 Å². The molecule has 0 aliphatic carbocycles. The number of esters is 1. The number of carbonyl (C=O) groups excluding carboxylic acids is 2. The zero-order valence-electron chi connectivity index (χ0n) is 15.3. The minimum atomic E-state index is -0.838. The van der Waals surface area contributed by atoms with Crippen LogP contribution in [0.2, 0.25) is 0 Å². The lowest BCUT2D eigenvalue weighted by Gasteiger charge is -2.10. The topological polar surface area (TPSA) is 137 Å². The number of nitrogens with zero attached hydrogens (tertiary/aromatic N) is 3. The number of benzene rings is 2. The normalized spacial score (nSPS) is 11.5. The summed E-state index contributed by atoms with van der Waals surface area (Å²) in [5.74, 6) is -0.874. The van der Waals surface area contributed by atoms with Crippen LogP contribution < -0.4 is 5.32 Å². The lowest BCUT2D eigenvalue weighted by atomic mass is 10.2. The molecule has 1 heterocycles. The summed E-state index contributed by atoms with van der Waals surface area (Å²) < 4.78 is 10.7. The summed E-state index contributed by atoms with van der Waals surface area (Å²) >= 11 is 0. The van der Waals surface area contributed by atoms with Crippen molar-refractivity contribution in [1.82, 2.24) is 15.5 Å². The van der Waals surface area contributed by atoms with E-state index in [1.165, 1.54) is 24.3 Å². The van der Waals surface area contributed by atoms with E-state index in [1.807, 2.05) is 0 Å². The van der Waals surface area contributed by atoms with Gasteiger partial charge in [-0.3, -0.25) is 19.7 Å². The molecule has 0 fully saturated rings. The van der Waals surface area contributed by atoms with Crippen LogP contribution in [-0.4, -0.2) is 33.5 Å². The number of non-ortho nitro benzene ring substituents is 1. The third-order valence-electron chi connectivity index (χ3n) is 3.85. The quantitative estimate of drug-likeness (QED) is 0.365. The number of rotatable bonds is 7. The van der Waals surface area contributed by atoms with Crippen molar-refractivity contribution in [3.05, 3.63) is 76.2 Å². The van der Waals surface area contributed by atoms with Crippen molar-refractivity contribution in [2.24, 2.45) is 0 Å². The summed E-state index contributed by atoms with van der Waals surface area (Å²) in [5.41, 5.74) is 0.856. The Morgan fingerprint density at radius 2 is 1.83 bits per heavy atom. The number of hydrogen-bond acceptors (Lipinski definition) is 8. The van der Waals surface area contributed by atoms with Gasteiger partial charge >= 0.3 is 5.97 Å². The van der Waals surface area contributed by atoms with E-state index in [2.05, 4.69) is 15.5 Å². The van der Waals surface area contributed by atoms with Crippen LogP contribution in [0.1, 0.15) is 29.3 Å². The molecule has 10 heteroatoms. The van der Waals surface area contributed by atoms with Gasteiger partial charge in [-0.05, 0) is 31.2 Å². The van der Waals surface area contributed by atoms with Crippen LogP contribution in [0.3, 0.4) is 0 Å². The van der Waals surface area contributed by atoms with Crippen molar-refractivity contribution in [3.8, 4) is 11.5 Å². The average Bonchev–Trinajstić information content (AvgIpc) is 3.23. The van der Waals surface area contributed by atoms with Gasteiger partial charge in [-0.15, -0.1) is 10.2 Å². The van der Waals surface area contributed by atoms with Gasteiger partial charge in [-0.25, -0.2) is 0 Å². The highest BCUT2D eigenvalue weighted by Gasteiger charge is 2.20. The van der Waals surface area contributed by atoms with E-state index in [-0.39, 0.29) is 24.0 Å². The molecule has 1 amide bonds. The second-order valence-electron chi connectivity index (χ2n) is 5.93. The van der Waals surface area contributed by atoms with E-state index in [9.17, 15) is 19.7 Å². The average molecular weight is 396 g/mol. The molecule has 0 saturated heterocycles. The molecular weight excluding hydrogens is 380 g/mol. The zero-order valence-corrected chi connectivity index (χ0v) is 15.3. The van der Waals surface area contributed by atoms with E-state index in [1.54, 1.807) is 37.3 Å². The standard InChI is InChI=1S/C19H16N4O6/c1-12(28-16(24)11-20-17(25)13-5-3-2-4-6-13)18-21-22-19(29-18)14-7-9-15(10-8-14)23(26)27/h2-10,12H,11H2,1H3,(H,20,25). The molecule has 1 aromatic heterocycles. The first-order valence-corrected chi connectivity index (χ1v) is 8.55. The number of ether oxygens (including phenoxy) is 1. The number of nitro benzene ring substituents is 1. The lowest BCUT2D eigenvalue weighted by molar-refractivity contribution is -0.384. The largest absolute Gasteiger partial charge is 0.451 e. The maximum Gasteiger partial charge on any atom is 0.326 e. The fourth-order valence-corrected chi connectivity index (χ4v) is 2.37. The molecule has 148 valence electrons. The Morgan fingerprint density at radius 3 is 2.48 bits per heavy atom. The Kier molecular flexibility index (Phi) is 5.93. The predicted molar refractivity (Wildman–Crippen MR) is 99.7 cm³/mol. The second-order valence-corrected chi connectivity index (χ2v) is 5.93. The Hall–Kier alpha value is -4.08. The SMILES string of the molecule is CC(OC(=O)CNC(=O)c1ccccc1)c1nnc(-c2ccc([N+](=O)[O-])cc2)o1. The molecule has 29 heavy (non-hydrogen) atoms. The van der Waals surface area contributed by atoms with Crippen molar-refractivity contribution in [1.29, 1.82) is 0 Å². The molecule has 0 bridgehead atoms. The molecule has 1 unspecified atom stereocenters. The van der Waals surface area contributed by atoms with Crippen molar-refractivity contribution in [2.45, 2.75) is 13.0 Å². The van der Waals surface area contributed by atoms with Crippen LogP contribution in [0.25, 0.3) is 11.5 Å². The van der Waals surface area contributed by atoms with Crippen molar-refractivity contribution < 1.29 is 23.7 Å². The van der Waals surface area contributed by atoms with E-state index >= 15 is 0 Å². The molecular formula is C19H16N4O6. The van der Waals surface area contributed by atoms with Crippen LogP contribution in [0.15, 0.2) is 59.0 Å². The lowest BCUT2D eigenvalue weighted by Crippen LogP contribution is -2.31. The Balaban J connectivity index is 1.55. The smallest absolute Gasteiger partial charge is 0.326 e. The second kappa shape index (κ2) is 8.74. The molecule has 0 radical (unpaired) electrons. The molecule has 1 atom stereocenters. The minimum absolute atomic E-state index is 0.0566. The summed E-state index contributed by atoms with van der Waals surface area (Å²) in [5, 5.41) is 20.9. The fourth-order valence-electron chi connectivity index (χ4n) is 2.37. The van der Waals surface area contributed by atoms with Crippen LogP contribution in [0.4, 0.5) is 5.69 Å². The predicted octanol–water partition coefficient (Wildman–Crippen LogP) is 2.68. The number of hydrogen-bond donors (Lipinski definition) is 1. The van der Waals surface area contributed by atoms with Gasteiger partial charge in [-0.1, -0.05) is 18.2 Å². The van der Waals surface area contributed by atoms with Crippen molar-refractivity contribution >= 4 is 17.6 Å². The maximum atomic E-state index is 12.0. The van der Waals surface area contributed by atoms with Gasteiger partial charge in [-0.2, -0.15) is 0 Å². The van der Waals surface area contributed by atoms with Gasteiger partial charge in [0, 0.05) is 23.3 Å². The number of amides is 1. The number of carbonyl (C=O) groups is 2. The number of nitrogens with one attached hydrogen (secondary N) is 1. The van der Waals surface area contributed by atoms with Crippen molar-refractivity contribution in [2.75, 3.05) is 6.54 Å². The minimum Gasteiger partial charge on any atom is -0.451 e. The molecule has 1 N–H and O–H groups in total. The van der Waals surface area contributed by atoms with Gasteiger partial charge in [0.25, 0.3) is 17.5 Å². The first kappa shape index (κ1) is 19.7. The molecule has 3 aromatic rings. The first-order valence-electron chi connectivity index (χ1n) is 8.55. The summed E-state index contributed by atoms with van der Waals surface area (Å²) in [7, 11) is 0.